The number of rotatable bonds is 7. The van der Waals surface area contributed by atoms with Gasteiger partial charge in [-0.2, -0.15) is 5.10 Å². The minimum absolute atomic E-state index is 0.0170. The normalized spacial score (nSPS) is 10.8. The van der Waals surface area contributed by atoms with Crippen LogP contribution in [0.25, 0.3) is 0 Å². The van der Waals surface area contributed by atoms with Crippen molar-refractivity contribution >= 4 is 5.91 Å². The summed E-state index contributed by atoms with van der Waals surface area (Å²) in [5, 5.41) is 7.35. The fraction of sp³-hybridized carbons (Fsp3) is 0.348. The zero-order valence-electron chi connectivity index (χ0n) is 17.7. The highest BCUT2D eigenvalue weighted by atomic mass is 16.5. The number of nitrogens with one attached hydrogen (secondary N) is 1. The number of benzene rings is 1. The SMILES string of the molecule is Cc1ccc(C)c(Oc2ccc(CNC(=O)CCc3c(C)nn(C)c3C)cn2)c1. The summed E-state index contributed by atoms with van der Waals surface area (Å²) in [5.41, 5.74) is 6.38. The van der Waals surface area contributed by atoms with Gasteiger partial charge in [0.2, 0.25) is 11.8 Å². The fourth-order valence-electron chi connectivity index (χ4n) is 3.21. The van der Waals surface area contributed by atoms with Crippen molar-refractivity contribution in [3.63, 3.8) is 0 Å². The lowest BCUT2D eigenvalue weighted by molar-refractivity contribution is -0.121. The summed E-state index contributed by atoms with van der Waals surface area (Å²) in [6.45, 7) is 8.49. The zero-order chi connectivity index (χ0) is 21.0. The Hall–Kier alpha value is -3.15. The second kappa shape index (κ2) is 8.90. The number of nitrogens with zero attached hydrogens (tertiary/aromatic N) is 3. The van der Waals surface area contributed by atoms with Crippen LogP contribution in [0.5, 0.6) is 11.6 Å². The fourth-order valence-corrected chi connectivity index (χ4v) is 3.21. The monoisotopic (exact) mass is 392 g/mol. The van der Waals surface area contributed by atoms with Gasteiger partial charge in [-0.05, 0) is 62.4 Å². The van der Waals surface area contributed by atoms with Crippen LogP contribution in [0, 0.1) is 27.7 Å². The third-order valence-corrected chi connectivity index (χ3v) is 5.11. The van der Waals surface area contributed by atoms with Crippen LogP contribution in [0.3, 0.4) is 0 Å². The van der Waals surface area contributed by atoms with Gasteiger partial charge in [0.25, 0.3) is 0 Å². The predicted octanol–water partition coefficient (Wildman–Crippen LogP) is 4.09. The van der Waals surface area contributed by atoms with Gasteiger partial charge in [-0.15, -0.1) is 0 Å². The molecule has 3 aromatic rings. The molecule has 6 heteroatoms. The van der Waals surface area contributed by atoms with Crippen LogP contribution in [0.2, 0.25) is 0 Å². The molecule has 1 N–H and O–H groups in total. The molecule has 0 aliphatic carbocycles. The van der Waals surface area contributed by atoms with E-state index in [0.717, 1.165) is 39.4 Å². The predicted molar refractivity (Wildman–Crippen MR) is 113 cm³/mol. The maximum atomic E-state index is 12.2. The molecular formula is C23H28N4O2. The molecule has 2 aromatic heterocycles. The first-order valence-electron chi connectivity index (χ1n) is 9.79. The van der Waals surface area contributed by atoms with Gasteiger partial charge in [-0.3, -0.25) is 9.48 Å². The molecule has 0 atom stereocenters. The van der Waals surface area contributed by atoms with E-state index < -0.39 is 0 Å². The Labute approximate surface area is 171 Å². The van der Waals surface area contributed by atoms with E-state index in [0.29, 0.717) is 25.3 Å². The third kappa shape index (κ3) is 5.22. The van der Waals surface area contributed by atoms with E-state index in [1.807, 2.05) is 63.7 Å². The van der Waals surface area contributed by atoms with Crippen molar-refractivity contribution in [1.82, 2.24) is 20.1 Å². The second-order valence-electron chi connectivity index (χ2n) is 7.43. The number of hydrogen-bond acceptors (Lipinski definition) is 4. The summed E-state index contributed by atoms with van der Waals surface area (Å²) in [4.78, 5) is 16.6. The van der Waals surface area contributed by atoms with Gasteiger partial charge >= 0.3 is 0 Å². The molecular weight excluding hydrogens is 364 g/mol. The minimum atomic E-state index is 0.0170. The van der Waals surface area contributed by atoms with Gasteiger partial charge in [0.15, 0.2) is 0 Å². The van der Waals surface area contributed by atoms with Gasteiger partial charge in [0.05, 0.1) is 5.69 Å². The van der Waals surface area contributed by atoms with Crippen molar-refractivity contribution < 1.29 is 9.53 Å². The highest BCUT2D eigenvalue weighted by Gasteiger charge is 2.11. The van der Waals surface area contributed by atoms with Gasteiger partial charge in [0, 0.05) is 38.0 Å². The van der Waals surface area contributed by atoms with Gasteiger partial charge in [-0.25, -0.2) is 4.98 Å². The van der Waals surface area contributed by atoms with Gasteiger partial charge < -0.3 is 10.1 Å². The standard InChI is InChI=1S/C23H28N4O2/c1-15-6-7-16(2)21(12-15)29-23-11-8-19(14-25-23)13-24-22(28)10-9-20-17(3)26-27(5)18(20)4/h6-8,11-12,14H,9-10,13H2,1-5H3,(H,24,28). The van der Waals surface area contributed by atoms with Crippen molar-refractivity contribution in [2.75, 3.05) is 0 Å². The summed E-state index contributed by atoms with van der Waals surface area (Å²) < 4.78 is 7.73. The lowest BCUT2D eigenvalue weighted by Crippen LogP contribution is -2.23. The van der Waals surface area contributed by atoms with Crippen LogP contribution in [0.4, 0.5) is 0 Å². The van der Waals surface area contributed by atoms with E-state index >= 15 is 0 Å². The Balaban J connectivity index is 1.50. The van der Waals surface area contributed by atoms with Crippen LogP contribution in [-0.4, -0.2) is 20.7 Å². The maximum absolute atomic E-state index is 12.2. The first-order valence-corrected chi connectivity index (χ1v) is 9.79. The average molecular weight is 393 g/mol. The largest absolute Gasteiger partial charge is 0.439 e. The van der Waals surface area contributed by atoms with Crippen molar-refractivity contribution in [2.24, 2.45) is 7.05 Å². The Morgan fingerprint density at radius 1 is 1.14 bits per heavy atom. The number of ether oxygens (including phenoxy) is 1. The number of pyridine rings is 1. The van der Waals surface area contributed by atoms with E-state index in [2.05, 4.69) is 21.5 Å². The first-order chi connectivity index (χ1) is 13.8. The molecule has 3 rings (SSSR count). The molecule has 0 unspecified atom stereocenters. The lowest BCUT2D eigenvalue weighted by Gasteiger charge is -2.10. The number of carbonyl (C=O) groups is 1. The van der Waals surface area contributed by atoms with Crippen LogP contribution in [0.15, 0.2) is 36.5 Å². The molecule has 0 aliphatic rings. The molecule has 152 valence electrons. The van der Waals surface area contributed by atoms with Crippen LogP contribution in [0.1, 0.15) is 40.1 Å². The van der Waals surface area contributed by atoms with Crippen LogP contribution >= 0.6 is 0 Å². The van der Waals surface area contributed by atoms with E-state index in [1.165, 1.54) is 0 Å². The Morgan fingerprint density at radius 3 is 2.59 bits per heavy atom. The summed E-state index contributed by atoms with van der Waals surface area (Å²) in [6, 6.07) is 9.83. The first kappa shape index (κ1) is 20.6. The van der Waals surface area contributed by atoms with E-state index in [-0.39, 0.29) is 5.91 Å². The average Bonchev–Trinajstić information content (AvgIpc) is 2.94. The molecule has 1 amide bonds. The molecule has 2 heterocycles. The van der Waals surface area contributed by atoms with E-state index in [1.54, 1.807) is 6.20 Å². The highest BCUT2D eigenvalue weighted by Crippen LogP contribution is 2.24. The molecule has 0 spiro atoms. The summed E-state index contributed by atoms with van der Waals surface area (Å²) in [5.74, 6) is 1.36. The van der Waals surface area contributed by atoms with Crippen LogP contribution in [-0.2, 0) is 24.8 Å². The highest BCUT2D eigenvalue weighted by molar-refractivity contribution is 5.76. The molecule has 0 radical (unpaired) electrons. The molecule has 0 saturated heterocycles. The molecule has 0 saturated carbocycles. The Morgan fingerprint density at radius 2 is 1.93 bits per heavy atom. The molecule has 1 aromatic carbocycles. The maximum Gasteiger partial charge on any atom is 0.220 e. The van der Waals surface area contributed by atoms with Crippen molar-refractivity contribution in [3.05, 3.63) is 70.2 Å². The lowest BCUT2D eigenvalue weighted by atomic mass is 10.1. The molecule has 0 fully saturated rings. The third-order valence-electron chi connectivity index (χ3n) is 5.11. The van der Waals surface area contributed by atoms with E-state index in [4.69, 9.17) is 4.74 Å². The quantitative estimate of drug-likeness (QED) is 0.657. The van der Waals surface area contributed by atoms with Gasteiger partial charge in [-0.1, -0.05) is 18.2 Å². The van der Waals surface area contributed by atoms with Crippen LogP contribution < -0.4 is 10.1 Å². The zero-order valence-corrected chi connectivity index (χ0v) is 17.7. The van der Waals surface area contributed by atoms with Gasteiger partial charge in [0.1, 0.15) is 5.75 Å². The molecule has 0 aliphatic heterocycles. The summed E-state index contributed by atoms with van der Waals surface area (Å²) in [6.07, 6.45) is 2.86. The second-order valence-corrected chi connectivity index (χ2v) is 7.43. The van der Waals surface area contributed by atoms with Crippen molar-refractivity contribution in [2.45, 2.75) is 47.1 Å². The Bertz CT molecular complexity index is 1010. The van der Waals surface area contributed by atoms with Crippen molar-refractivity contribution in [1.29, 1.82) is 0 Å². The molecule has 6 nitrogen and oxygen atoms in total. The smallest absolute Gasteiger partial charge is 0.220 e. The summed E-state index contributed by atoms with van der Waals surface area (Å²) >= 11 is 0. The van der Waals surface area contributed by atoms with E-state index in [9.17, 15) is 4.79 Å². The number of hydrogen-bond donors (Lipinski definition) is 1. The Kier molecular flexibility index (Phi) is 6.32. The molecule has 0 bridgehead atoms. The minimum Gasteiger partial charge on any atom is -0.439 e. The number of carbonyl (C=O) groups excluding carboxylic acids is 1. The van der Waals surface area contributed by atoms with Crippen molar-refractivity contribution in [3.8, 4) is 11.6 Å². The summed E-state index contributed by atoms with van der Waals surface area (Å²) in [7, 11) is 1.92. The number of aryl methyl sites for hydroxylation is 4. The number of amides is 1. The molecule has 29 heavy (non-hydrogen) atoms. The number of aromatic nitrogens is 3. The topological polar surface area (TPSA) is 69.0 Å².